The Morgan fingerprint density at radius 1 is 0.360 bits per heavy atom. The molecule has 9 unspecified atom stereocenters. The quantitative estimate of drug-likeness (QED) is 0.238. The second kappa shape index (κ2) is 43.4. The average molecular weight is 1400 g/mol. The van der Waals surface area contributed by atoms with Crippen LogP contribution in [0.3, 0.4) is 0 Å². The third kappa shape index (κ3) is 38.9. The van der Waals surface area contributed by atoms with Crippen LogP contribution in [0.5, 0.6) is 0 Å². The van der Waals surface area contributed by atoms with Gasteiger partial charge in [-0.3, -0.25) is 0 Å². The molecule has 0 aromatic heterocycles. The minimum absolute atomic E-state index is 0.437. The highest BCUT2D eigenvalue weighted by Gasteiger charge is 2.49. The van der Waals surface area contributed by atoms with Gasteiger partial charge >= 0.3 is 0 Å². The molecule has 600 valence electrons. The summed E-state index contributed by atoms with van der Waals surface area (Å²) in [5.41, 5.74) is 5.76. The second-order valence-electron chi connectivity index (χ2n) is 46.6. The Hall–Kier alpha value is 0. The van der Waals surface area contributed by atoms with Gasteiger partial charge in [0.05, 0.1) is 0 Å². The maximum absolute atomic E-state index is 2.44. The molecule has 0 radical (unpaired) electrons. The SMILES string of the molecule is CC(C)(C)C(C)(C)C.CC1(C2CC2)CC1.CC1CC(C)(C)C1.CC1CC(C)(C)C1.CC1CC(C)C1C.CC1CC(C)C1C.CC1CCC1(C)C.CCC(C)C(C)(C)C.CCC1(C)CCC1.CCC1CC(C)C1.CCC1CC(C)C1.CCC1CCC1C.C[C@H]1CC1C1CC1.C[C@H]1CCC1(C)C. The van der Waals surface area contributed by atoms with E-state index in [-0.39, 0.29) is 0 Å². The van der Waals surface area contributed by atoms with Crippen LogP contribution in [-0.4, -0.2) is 0 Å². The molecule has 0 aromatic rings. The molecule has 100 heavy (non-hydrogen) atoms. The smallest absolute Gasteiger partial charge is 0.0297 e. The third-order valence-electron chi connectivity index (χ3n) is 32.0. The minimum atomic E-state index is 0.437. The fraction of sp³-hybridized carbons (Fsp3) is 1.00. The van der Waals surface area contributed by atoms with Crippen LogP contribution in [0, 0.1) is 173 Å². The fourth-order valence-corrected chi connectivity index (χ4v) is 17.2. The monoisotopic (exact) mass is 1400 g/mol. The lowest BCUT2D eigenvalue weighted by Crippen LogP contribution is -2.31. The van der Waals surface area contributed by atoms with Crippen molar-refractivity contribution in [2.24, 2.45) is 173 Å². The van der Waals surface area contributed by atoms with Gasteiger partial charge in [0.2, 0.25) is 0 Å². The molecule has 0 aromatic carbocycles. The topological polar surface area (TPSA) is 0 Å². The normalized spacial score (nSPS) is 35.2. The maximum atomic E-state index is 2.44. The van der Waals surface area contributed by atoms with Gasteiger partial charge in [-0.2, -0.15) is 0 Å². The summed E-state index contributed by atoms with van der Waals surface area (Å²) in [5.74, 6) is 21.9. The van der Waals surface area contributed by atoms with Crippen LogP contribution < -0.4 is 0 Å². The summed E-state index contributed by atoms with van der Waals surface area (Å²) in [6.45, 7) is 90.6. The minimum Gasteiger partial charge on any atom is -0.0651 e. The van der Waals surface area contributed by atoms with E-state index < -0.39 is 0 Å². The zero-order valence-electron chi connectivity index (χ0n) is 77.5. The molecule has 14 fully saturated rings. The van der Waals surface area contributed by atoms with Crippen molar-refractivity contribution in [3.63, 3.8) is 0 Å². The lowest BCUT2D eigenvalue weighted by molar-refractivity contribution is 0.0891. The van der Waals surface area contributed by atoms with Crippen LogP contribution in [0.25, 0.3) is 0 Å². The number of hydrogen-bond acceptors (Lipinski definition) is 0. The molecular weight excluding hydrogens is 1200 g/mol. The van der Waals surface area contributed by atoms with Crippen molar-refractivity contribution < 1.29 is 0 Å². The molecule has 0 heterocycles. The molecule has 0 heteroatoms. The van der Waals surface area contributed by atoms with Crippen LogP contribution in [0.15, 0.2) is 0 Å². The lowest BCUT2D eigenvalue weighted by atomic mass is 9.64. The first-order valence-electron chi connectivity index (χ1n) is 45.6. The first-order valence-corrected chi connectivity index (χ1v) is 45.6. The van der Waals surface area contributed by atoms with Crippen molar-refractivity contribution >= 4 is 0 Å². The number of hydrogen-bond donors (Lipinski definition) is 0. The van der Waals surface area contributed by atoms with Crippen molar-refractivity contribution in [3.05, 3.63) is 0 Å². The highest BCUT2D eigenvalue weighted by molar-refractivity contribution is 5.00. The van der Waals surface area contributed by atoms with E-state index in [0.717, 1.165) is 123 Å². The van der Waals surface area contributed by atoms with E-state index >= 15 is 0 Å². The molecule has 14 aliphatic carbocycles. The van der Waals surface area contributed by atoms with Crippen molar-refractivity contribution in [2.45, 2.75) is 469 Å². The highest BCUT2D eigenvalue weighted by Crippen LogP contribution is 2.61. The number of rotatable bonds is 7. The van der Waals surface area contributed by atoms with Gasteiger partial charge in [0, 0.05) is 0 Å². The van der Waals surface area contributed by atoms with Gasteiger partial charge in [0.15, 0.2) is 0 Å². The molecule has 11 atom stereocenters. The second-order valence-corrected chi connectivity index (χ2v) is 46.6. The summed E-state index contributed by atoms with van der Waals surface area (Å²) in [4.78, 5) is 0. The highest BCUT2D eigenvalue weighted by atomic mass is 14.5. The largest absolute Gasteiger partial charge is 0.0651 e. The summed E-state index contributed by atoms with van der Waals surface area (Å²) in [7, 11) is 0. The van der Waals surface area contributed by atoms with Crippen LogP contribution in [0.2, 0.25) is 0 Å². The molecule has 0 spiro atoms. The summed E-state index contributed by atoms with van der Waals surface area (Å²) >= 11 is 0. The Morgan fingerprint density at radius 2 is 0.700 bits per heavy atom. The van der Waals surface area contributed by atoms with Gasteiger partial charge in [-0.05, 0) is 327 Å². The van der Waals surface area contributed by atoms with Crippen molar-refractivity contribution in [1.29, 1.82) is 0 Å². The Balaban J connectivity index is 0.000000538. The van der Waals surface area contributed by atoms with Crippen molar-refractivity contribution in [3.8, 4) is 0 Å². The van der Waals surface area contributed by atoms with Gasteiger partial charge in [-0.15, -0.1) is 0 Å². The average Bonchev–Trinajstić information content (AvgIpc) is 1.62. The van der Waals surface area contributed by atoms with Crippen molar-refractivity contribution in [1.82, 2.24) is 0 Å². The first-order chi connectivity index (χ1) is 45.6. The van der Waals surface area contributed by atoms with Crippen LogP contribution in [0.1, 0.15) is 469 Å². The van der Waals surface area contributed by atoms with E-state index in [1.807, 2.05) is 0 Å². The van der Waals surface area contributed by atoms with E-state index in [2.05, 4.69) is 270 Å². The van der Waals surface area contributed by atoms with E-state index in [4.69, 9.17) is 0 Å². The Labute approximate surface area is 638 Å². The van der Waals surface area contributed by atoms with Gasteiger partial charge in [-0.25, -0.2) is 0 Å². The molecular formula is C100H200. The standard InChI is InChI=1S/2C8H18.2C7H12.10C7H14/c1-7(2,3)8(4,5)6;1-6-7(2)8(3,4)5;1-7(4-5-7)6-2-3-6;1-5-4-7(5)6-2-3-6;2*1-6-4-7(2,3)5-6;2*1-6-4-5-7(6,2)3;2*1-5-4-6(2)7(5)3;2*1-3-7-4-6(2)5-7;1-3-7(2)5-4-6-7;1-3-7-5-4-6(7)2/h1-6H3;7H,6H2,1-5H3;6H,2-5H2,1H3;5-7H,2-4H2,1H3;4*6H,4-5H2,1-3H3;2*5-7H,4H2,1-3H3;2*6-7H,3-5H2,1-2H3;3-6H2,1-2H3;6-7H,3-5H2,1-2H3/t;;;5-,7?;;;6-;;;;;;;/m...0..0......./s1. The van der Waals surface area contributed by atoms with E-state index in [1.165, 1.54) is 192 Å². The third-order valence-corrected chi connectivity index (χ3v) is 32.0. The predicted molar refractivity (Wildman–Crippen MR) is 460 cm³/mol. The molecule has 14 rings (SSSR count). The Bertz CT molecular complexity index is 1910. The summed E-state index contributed by atoms with van der Waals surface area (Å²) in [6.07, 6.45) is 45.5. The zero-order valence-corrected chi connectivity index (χ0v) is 77.5. The molecule has 0 saturated heterocycles. The molecule has 0 N–H and O–H groups in total. The molecule has 0 nitrogen and oxygen atoms in total. The molecule has 0 aliphatic heterocycles. The molecule has 14 aliphatic rings. The molecule has 0 bridgehead atoms. The first kappa shape index (κ1) is 98.0. The van der Waals surface area contributed by atoms with Crippen LogP contribution in [-0.2, 0) is 0 Å². The van der Waals surface area contributed by atoms with E-state index in [0.29, 0.717) is 37.9 Å². The van der Waals surface area contributed by atoms with Gasteiger partial charge in [0.25, 0.3) is 0 Å². The van der Waals surface area contributed by atoms with E-state index in [1.54, 1.807) is 19.3 Å². The zero-order chi connectivity index (χ0) is 77.5. The fourth-order valence-electron chi connectivity index (χ4n) is 17.2. The summed E-state index contributed by atoms with van der Waals surface area (Å²) in [5, 5.41) is 0. The van der Waals surface area contributed by atoms with Gasteiger partial charge in [0.1, 0.15) is 0 Å². The van der Waals surface area contributed by atoms with E-state index in [9.17, 15) is 0 Å². The predicted octanol–water partition coefficient (Wildman–Crippen LogP) is 34.7. The molecule has 0 amide bonds. The Kier molecular flexibility index (Phi) is 42.5. The van der Waals surface area contributed by atoms with Crippen molar-refractivity contribution in [2.75, 3.05) is 0 Å². The Morgan fingerprint density at radius 3 is 0.730 bits per heavy atom. The molecule has 14 saturated carbocycles. The summed E-state index contributed by atoms with van der Waals surface area (Å²) < 4.78 is 0. The van der Waals surface area contributed by atoms with Gasteiger partial charge in [-0.1, -0.05) is 315 Å². The van der Waals surface area contributed by atoms with Crippen LogP contribution >= 0.6 is 0 Å². The summed E-state index contributed by atoms with van der Waals surface area (Å²) in [6, 6.07) is 0. The van der Waals surface area contributed by atoms with Gasteiger partial charge < -0.3 is 0 Å². The maximum Gasteiger partial charge on any atom is -0.0297 e. The van der Waals surface area contributed by atoms with Crippen LogP contribution in [0.4, 0.5) is 0 Å². The lowest BCUT2D eigenvalue weighted by Gasteiger charge is -2.42.